The number of aryl methyl sites for hydroxylation is 2. The third-order valence-corrected chi connectivity index (χ3v) is 4.11. The van der Waals surface area contributed by atoms with Crippen LogP contribution in [0.1, 0.15) is 22.6 Å². The minimum absolute atomic E-state index is 0.674. The highest BCUT2D eigenvalue weighted by molar-refractivity contribution is 7.98. The summed E-state index contributed by atoms with van der Waals surface area (Å²) in [7, 11) is 0. The molecule has 0 fully saturated rings. The fourth-order valence-electron chi connectivity index (χ4n) is 2.14. The first-order chi connectivity index (χ1) is 8.83. The molecule has 0 radical (unpaired) electrons. The van der Waals surface area contributed by atoms with Crippen LogP contribution >= 0.6 is 11.8 Å². The summed E-state index contributed by atoms with van der Waals surface area (Å²) in [6.45, 7) is 0. The predicted molar refractivity (Wildman–Crippen MR) is 75.3 cm³/mol. The number of nitrogens with two attached hydrogens (primary N) is 1. The minimum Gasteiger partial charge on any atom is -0.383 e. The molecule has 0 aliphatic carbocycles. The van der Waals surface area contributed by atoms with Gasteiger partial charge in [0, 0.05) is 23.5 Å². The summed E-state index contributed by atoms with van der Waals surface area (Å²) in [5.41, 5.74) is 9.57. The van der Waals surface area contributed by atoms with Crippen molar-refractivity contribution in [1.29, 1.82) is 0 Å². The van der Waals surface area contributed by atoms with Crippen molar-refractivity contribution < 1.29 is 0 Å². The smallest absolute Gasteiger partial charge is 0.131 e. The van der Waals surface area contributed by atoms with Crippen LogP contribution in [0.3, 0.4) is 0 Å². The second-order valence-corrected chi connectivity index (χ2v) is 5.41. The topological polar surface area (TPSA) is 51.8 Å². The van der Waals surface area contributed by atoms with Gasteiger partial charge < -0.3 is 5.73 Å². The number of hydrogen-bond donors (Lipinski definition) is 1. The Kier molecular flexibility index (Phi) is 3.19. The molecule has 2 heterocycles. The van der Waals surface area contributed by atoms with Gasteiger partial charge in [-0.3, -0.25) is 0 Å². The van der Waals surface area contributed by atoms with Gasteiger partial charge in [0.1, 0.15) is 11.6 Å². The largest absolute Gasteiger partial charge is 0.383 e. The van der Waals surface area contributed by atoms with Gasteiger partial charge >= 0.3 is 0 Å². The lowest BCUT2D eigenvalue weighted by molar-refractivity contribution is 0.844. The number of fused-ring (bicyclic) bond motifs is 1. The van der Waals surface area contributed by atoms with E-state index in [0.717, 1.165) is 41.4 Å². The maximum absolute atomic E-state index is 5.98. The maximum atomic E-state index is 5.98. The molecule has 3 nitrogen and oxygen atoms in total. The van der Waals surface area contributed by atoms with E-state index in [-0.39, 0.29) is 0 Å². The zero-order valence-corrected chi connectivity index (χ0v) is 10.9. The Balaban J connectivity index is 1.76. The summed E-state index contributed by atoms with van der Waals surface area (Å²) in [6.07, 6.45) is 1.82. The van der Waals surface area contributed by atoms with Crippen LogP contribution in [-0.4, -0.2) is 9.97 Å². The number of rotatable bonds is 3. The lowest BCUT2D eigenvalue weighted by Gasteiger charge is -2.06. The number of hydrogen-bond acceptors (Lipinski definition) is 4. The second-order valence-electron chi connectivity index (χ2n) is 4.43. The summed E-state index contributed by atoms with van der Waals surface area (Å²) in [4.78, 5) is 9.03. The third-order valence-electron chi connectivity index (χ3n) is 3.14. The normalized spacial score (nSPS) is 13.6. The van der Waals surface area contributed by atoms with Gasteiger partial charge in [0.2, 0.25) is 0 Å². The van der Waals surface area contributed by atoms with E-state index in [1.165, 1.54) is 5.56 Å². The molecule has 0 amide bonds. The molecule has 3 rings (SSSR count). The van der Waals surface area contributed by atoms with Gasteiger partial charge in [0.05, 0.1) is 5.69 Å². The van der Waals surface area contributed by atoms with Crippen molar-refractivity contribution in [3.8, 4) is 0 Å². The van der Waals surface area contributed by atoms with E-state index in [2.05, 4.69) is 34.2 Å². The molecule has 92 valence electrons. The van der Waals surface area contributed by atoms with Gasteiger partial charge in [-0.25, -0.2) is 9.97 Å². The van der Waals surface area contributed by atoms with Crippen molar-refractivity contribution in [3.05, 3.63) is 53.0 Å². The fraction of sp³-hybridized carbons (Fsp3) is 0.286. The minimum atomic E-state index is 0.674. The molecule has 0 unspecified atom stereocenters. The van der Waals surface area contributed by atoms with E-state index >= 15 is 0 Å². The second kappa shape index (κ2) is 4.98. The third kappa shape index (κ3) is 2.34. The van der Waals surface area contributed by atoms with Crippen LogP contribution < -0.4 is 5.73 Å². The molecule has 0 saturated carbocycles. The molecule has 1 aliphatic rings. The number of anilines is 1. The van der Waals surface area contributed by atoms with E-state index in [1.807, 2.05) is 17.8 Å². The van der Waals surface area contributed by atoms with E-state index in [0.29, 0.717) is 5.82 Å². The molecular formula is C14H15N3S. The molecule has 2 N–H and O–H groups in total. The summed E-state index contributed by atoms with van der Waals surface area (Å²) in [5, 5.41) is 0. The first-order valence-corrected chi connectivity index (χ1v) is 7.24. The Labute approximate surface area is 111 Å². The lowest BCUT2D eigenvalue weighted by atomic mass is 10.1. The number of nitrogen functional groups attached to an aromatic ring is 1. The van der Waals surface area contributed by atoms with Gasteiger partial charge in [-0.1, -0.05) is 30.3 Å². The van der Waals surface area contributed by atoms with Crippen LogP contribution in [0.25, 0.3) is 0 Å². The van der Waals surface area contributed by atoms with Crippen LogP contribution in [-0.2, 0) is 24.3 Å². The molecule has 1 aromatic carbocycles. The highest BCUT2D eigenvalue weighted by atomic mass is 32.2. The van der Waals surface area contributed by atoms with E-state index in [9.17, 15) is 0 Å². The molecule has 2 aromatic rings. The van der Waals surface area contributed by atoms with Crippen LogP contribution in [0.2, 0.25) is 0 Å². The summed E-state index contributed by atoms with van der Waals surface area (Å²) in [6, 6.07) is 10.4. The molecule has 1 aliphatic heterocycles. The Morgan fingerprint density at radius 3 is 2.72 bits per heavy atom. The maximum Gasteiger partial charge on any atom is 0.131 e. The molecule has 0 saturated heterocycles. The molecule has 4 heteroatoms. The van der Waals surface area contributed by atoms with Crippen molar-refractivity contribution in [2.45, 2.75) is 24.3 Å². The standard InChI is InChI=1S/C14H15N3S/c15-14-11-8-18-9-12(11)16-13(17-14)7-6-10-4-2-1-3-5-10/h1-5H,6-9H2,(H2,15,16,17). The molecular weight excluding hydrogens is 242 g/mol. The van der Waals surface area contributed by atoms with Crippen molar-refractivity contribution in [3.63, 3.8) is 0 Å². The number of thioether (sulfide) groups is 1. The van der Waals surface area contributed by atoms with Gasteiger partial charge in [0.15, 0.2) is 0 Å². The average Bonchev–Trinajstić information content (AvgIpc) is 2.86. The van der Waals surface area contributed by atoms with Crippen molar-refractivity contribution in [1.82, 2.24) is 9.97 Å². The Hall–Kier alpha value is -1.55. The summed E-state index contributed by atoms with van der Waals surface area (Å²) in [5.74, 6) is 3.48. The van der Waals surface area contributed by atoms with Gasteiger partial charge in [0.25, 0.3) is 0 Å². The zero-order valence-electron chi connectivity index (χ0n) is 10.1. The Morgan fingerprint density at radius 1 is 1.06 bits per heavy atom. The van der Waals surface area contributed by atoms with Crippen LogP contribution in [0.15, 0.2) is 30.3 Å². The number of benzene rings is 1. The van der Waals surface area contributed by atoms with Gasteiger partial charge in [-0.05, 0) is 12.0 Å². The Morgan fingerprint density at radius 2 is 1.89 bits per heavy atom. The highest BCUT2D eigenvalue weighted by Crippen LogP contribution is 2.31. The molecule has 1 aromatic heterocycles. The Bertz CT molecular complexity index is 554. The van der Waals surface area contributed by atoms with E-state index < -0.39 is 0 Å². The SMILES string of the molecule is Nc1nc(CCc2ccccc2)nc2c1CSC2. The quantitative estimate of drug-likeness (QED) is 0.918. The monoisotopic (exact) mass is 257 g/mol. The first kappa shape index (κ1) is 11.5. The van der Waals surface area contributed by atoms with Gasteiger partial charge in [-0.2, -0.15) is 11.8 Å². The lowest BCUT2D eigenvalue weighted by Crippen LogP contribution is -2.06. The number of nitrogens with zero attached hydrogens (tertiary/aromatic N) is 2. The molecule has 18 heavy (non-hydrogen) atoms. The fourth-order valence-corrected chi connectivity index (χ4v) is 3.19. The molecule has 0 bridgehead atoms. The molecule has 0 spiro atoms. The molecule has 0 atom stereocenters. The van der Waals surface area contributed by atoms with Gasteiger partial charge in [-0.15, -0.1) is 0 Å². The van der Waals surface area contributed by atoms with E-state index in [1.54, 1.807) is 0 Å². The van der Waals surface area contributed by atoms with Crippen molar-refractivity contribution in [2.24, 2.45) is 0 Å². The van der Waals surface area contributed by atoms with Crippen LogP contribution in [0.5, 0.6) is 0 Å². The summed E-state index contributed by atoms with van der Waals surface area (Å²) < 4.78 is 0. The highest BCUT2D eigenvalue weighted by Gasteiger charge is 2.17. The predicted octanol–water partition coefficient (Wildman–Crippen LogP) is 2.59. The van der Waals surface area contributed by atoms with Crippen molar-refractivity contribution in [2.75, 3.05) is 5.73 Å². The first-order valence-electron chi connectivity index (χ1n) is 6.09. The van der Waals surface area contributed by atoms with Crippen LogP contribution in [0, 0.1) is 0 Å². The zero-order chi connectivity index (χ0) is 12.4. The summed E-state index contributed by atoms with van der Waals surface area (Å²) >= 11 is 1.86. The number of aromatic nitrogens is 2. The van der Waals surface area contributed by atoms with E-state index in [4.69, 9.17) is 5.73 Å². The average molecular weight is 257 g/mol. The van der Waals surface area contributed by atoms with Crippen LogP contribution in [0.4, 0.5) is 5.82 Å². The van der Waals surface area contributed by atoms with Crippen molar-refractivity contribution >= 4 is 17.6 Å².